The molecule has 142 valence electrons. The van der Waals surface area contributed by atoms with Crippen LogP contribution in [0.15, 0.2) is 4.99 Å². The Hall–Kier alpha value is -0.770. The standard InChI is InChI=1S/C16H33N5O2.HI/c1-4-6-10-20(3)13-9-18-15(17)19-14-7-11-21(12-8-14)16(22)23-5-2;/h14H,4-13H2,1-3H3,(H3,17,18,19);1H. The Morgan fingerprint density at radius 2 is 2.00 bits per heavy atom. The Kier molecular flexibility index (Phi) is 13.1. The molecule has 0 bridgehead atoms. The number of nitrogens with one attached hydrogen (secondary N) is 1. The number of piperidine rings is 1. The van der Waals surface area contributed by atoms with Crippen molar-refractivity contribution in [2.75, 3.05) is 46.4 Å². The number of unbranched alkanes of at least 4 members (excludes halogenated alkanes) is 1. The second-order valence-corrected chi connectivity index (χ2v) is 6.03. The maximum Gasteiger partial charge on any atom is 0.409 e. The summed E-state index contributed by atoms with van der Waals surface area (Å²) < 4.78 is 5.01. The lowest BCUT2D eigenvalue weighted by atomic mass is 10.1. The van der Waals surface area contributed by atoms with Crippen LogP contribution >= 0.6 is 24.0 Å². The van der Waals surface area contributed by atoms with E-state index in [1.807, 2.05) is 6.92 Å². The molecule has 0 aromatic carbocycles. The Balaban J connectivity index is 0.00000529. The van der Waals surface area contributed by atoms with Gasteiger partial charge in [0.25, 0.3) is 0 Å². The average Bonchev–Trinajstić information content (AvgIpc) is 2.53. The monoisotopic (exact) mass is 455 g/mol. The fraction of sp³-hybridized carbons (Fsp3) is 0.875. The summed E-state index contributed by atoms with van der Waals surface area (Å²) in [6.45, 7) is 8.57. The number of hydrogen-bond acceptors (Lipinski definition) is 4. The number of nitrogens with two attached hydrogens (primary N) is 1. The normalized spacial score (nSPS) is 16.0. The molecule has 1 heterocycles. The number of guanidine groups is 1. The van der Waals surface area contributed by atoms with Crippen molar-refractivity contribution >= 4 is 36.0 Å². The zero-order valence-corrected chi connectivity index (χ0v) is 17.6. The number of nitrogens with zero attached hydrogens (tertiary/aromatic N) is 3. The quantitative estimate of drug-likeness (QED) is 0.332. The lowest BCUT2D eigenvalue weighted by Gasteiger charge is -2.31. The van der Waals surface area contributed by atoms with E-state index in [-0.39, 0.29) is 36.1 Å². The molecule has 1 saturated heterocycles. The van der Waals surface area contributed by atoms with E-state index in [9.17, 15) is 4.79 Å². The molecule has 24 heavy (non-hydrogen) atoms. The second-order valence-electron chi connectivity index (χ2n) is 6.03. The van der Waals surface area contributed by atoms with Crippen molar-refractivity contribution in [3.05, 3.63) is 0 Å². The largest absolute Gasteiger partial charge is 0.450 e. The Morgan fingerprint density at radius 3 is 2.58 bits per heavy atom. The minimum absolute atomic E-state index is 0. The van der Waals surface area contributed by atoms with E-state index < -0.39 is 0 Å². The number of likely N-dealkylation sites (N-methyl/N-ethyl adjacent to an activating group) is 1. The van der Waals surface area contributed by atoms with Crippen molar-refractivity contribution in [3.8, 4) is 0 Å². The van der Waals surface area contributed by atoms with E-state index in [0.717, 1.165) is 25.9 Å². The third-order valence-corrected chi connectivity index (χ3v) is 4.03. The number of aliphatic imine (C=N–C) groups is 1. The first kappa shape index (κ1) is 23.2. The van der Waals surface area contributed by atoms with E-state index in [0.29, 0.717) is 32.2 Å². The van der Waals surface area contributed by atoms with Crippen molar-refractivity contribution in [1.82, 2.24) is 15.1 Å². The molecule has 0 aromatic heterocycles. The first-order chi connectivity index (χ1) is 11.1. The number of likely N-dealkylation sites (tertiary alicyclic amines) is 1. The van der Waals surface area contributed by atoms with Gasteiger partial charge in [-0.3, -0.25) is 4.99 Å². The van der Waals surface area contributed by atoms with Gasteiger partial charge in [0, 0.05) is 25.7 Å². The van der Waals surface area contributed by atoms with Gasteiger partial charge < -0.3 is 25.6 Å². The summed E-state index contributed by atoms with van der Waals surface area (Å²) in [5.74, 6) is 0.503. The Bertz CT molecular complexity index is 373. The molecular weight excluding hydrogens is 421 g/mol. The number of halogens is 1. The molecule has 1 rings (SSSR count). The number of carbonyl (C=O) groups is 1. The molecule has 1 aliphatic heterocycles. The fourth-order valence-corrected chi connectivity index (χ4v) is 2.56. The summed E-state index contributed by atoms with van der Waals surface area (Å²) in [5, 5.41) is 3.26. The Morgan fingerprint density at radius 1 is 1.33 bits per heavy atom. The van der Waals surface area contributed by atoms with Crippen molar-refractivity contribution < 1.29 is 9.53 Å². The van der Waals surface area contributed by atoms with Crippen LogP contribution in [0.5, 0.6) is 0 Å². The van der Waals surface area contributed by atoms with Gasteiger partial charge in [0.2, 0.25) is 0 Å². The zero-order chi connectivity index (χ0) is 17.1. The molecule has 0 saturated carbocycles. The SMILES string of the molecule is CCCCN(C)CCN=C(N)NC1CCN(C(=O)OCC)CC1.I. The number of carbonyl (C=O) groups excluding carboxylic acids is 1. The number of hydrogen-bond donors (Lipinski definition) is 2. The number of amides is 1. The van der Waals surface area contributed by atoms with Crippen LogP contribution in [-0.4, -0.2) is 74.3 Å². The first-order valence-corrected chi connectivity index (χ1v) is 8.73. The molecule has 1 fully saturated rings. The van der Waals surface area contributed by atoms with Gasteiger partial charge in [-0.25, -0.2) is 4.79 Å². The molecule has 0 aliphatic carbocycles. The smallest absolute Gasteiger partial charge is 0.409 e. The van der Waals surface area contributed by atoms with Gasteiger partial charge in [0.1, 0.15) is 0 Å². The molecule has 1 amide bonds. The van der Waals surface area contributed by atoms with Gasteiger partial charge in [0.15, 0.2) is 5.96 Å². The predicted molar refractivity (Wildman–Crippen MR) is 109 cm³/mol. The highest BCUT2D eigenvalue weighted by atomic mass is 127. The van der Waals surface area contributed by atoms with Crippen LogP contribution in [-0.2, 0) is 4.74 Å². The fourth-order valence-electron chi connectivity index (χ4n) is 2.56. The van der Waals surface area contributed by atoms with Crippen molar-refractivity contribution in [2.45, 2.75) is 45.6 Å². The Labute approximate surface area is 163 Å². The molecule has 0 unspecified atom stereocenters. The first-order valence-electron chi connectivity index (χ1n) is 8.73. The van der Waals surface area contributed by atoms with E-state index >= 15 is 0 Å². The van der Waals surface area contributed by atoms with Crippen molar-refractivity contribution in [1.29, 1.82) is 0 Å². The van der Waals surface area contributed by atoms with Crippen LogP contribution in [0.3, 0.4) is 0 Å². The van der Waals surface area contributed by atoms with Gasteiger partial charge in [-0.1, -0.05) is 13.3 Å². The van der Waals surface area contributed by atoms with Gasteiger partial charge in [-0.05, 0) is 39.8 Å². The molecule has 8 heteroatoms. The summed E-state index contributed by atoms with van der Waals surface area (Å²) in [4.78, 5) is 20.0. The summed E-state index contributed by atoms with van der Waals surface area (Å²) in [6, 6.07) is 0.280. The van der Waals surface area contributed by atoms with E-state index in [1.54, 1.807) is 4.90 Å². The highest BCUT2D eigenvalue weighted by molar-refractivity contribution is 14.0. The minimum atomic E-state index is -0.220. The third kappa shape index (κ3) is 9.51. The molecule has 1 aliphatic rings. The summed E-state index contributed by atoms with van der Waals surface area (Å²) in [5.41, 5.74) is 5.95. The minimum Gasteiger partial charge on any atom is -0.450 e. The highest BCUT2D eigenvalue weighted by Crippen LogP contribution is 2.11. The van der Waals surface area contributed by atoms with Crippen LogP contribution in [0, 0.1) is 0 Å². The van der Waals surface area contributed by atoms with Crippen molar-refractivity contribution in [2.24, 2.45) is 10.7 Å². The lowest BCUT2D eigenvalue weighted by molar-refractivity contribution is 0.0963. The molecule has 7 nitrogen and oxygen atoms in total. The summed E-state index contributed by atoms with van der Waals surface area (Å²) >= 11 is 0. The summed E-state index contributed by atoms with van der Waals surface area (Å²) in [7, 11) is 2.11. The lowest BCUT2D eigenvalue weighted by Crippen LogP contribution is -2.48. The number of rotatable bonds is 8. The number of ether oxygens (including phenoxy) is 1. The van der Waals surface area contributed by atoms with Crippen molar-refractivity contribution in [3.63, 3.8) is 0 Å². The van der Waals surface area contributed by atoms with Gasteiger partial charge in [-0.15, -0.1) is 24.0 Å². The van der Waals surface area contributed by atoms with Crippen LogP contribution in [0.1, 0.15) is 39.5 Å². The molecular formula is C16H34IN5O2. The maximum absolute atomic E-state index is 11.6. The molecule has 0 aromatic rings. The molecule has 0 radical (unpaired) electrons. The second kappa shape index (κ2) is 13.5. The molecule has 3 N–H and O–H groups in total. The van der Waals surface area contributed by atoms with Crippen LogP contribution < -0.4 is 11.1 Å². The molecule has 0 atom stereocenters. The zero-order valence-electron chi connectivity index (χ0n) is 15.3. The van der Waals surface area contributed by atoms with Crippen LogP contribution in [0.4, 0.5) is 4.79 Å². The highest BCUT2D eigenvalue weighted by Gasteiger charge is 2.23. The van der Waals surface area contributed by atoms with E-state index in [2.05, 4.69) is 29.2 Å². The summed E-state index contributed by atoms with van der Waals surface area (Å²) in [6.07, 6.45) is 3.94. The predicted octanol–water partition coefficient (Wildman–Crippen LogP) is 1.86. The van der Waals surface area contributed by atoms with E-state index in [4.69, 9.17) is 10.5 Å². The average molecular weight is 455 g/mol. The third-order valence-electron chi connectivity index (χ3n) is 4.03. The van der Waals surface area contributed by atoms with Crippen LogP contribution in [0.2, 0.25) is 0 Å². The maximum atomic E-state index is 11.6. The van der Waals surface area contributed by atoms with Gasteiger partial charge in [-0.2, -0.15) is 0 Å². The van der Waals surface area contributed by atoms with Crippen LogP contribution in [0.25, 0.3) is 0 Å². The molecule has 0 spiro atoms. The van der Waals surface area contributed by atoms with Gasteiger partial charge >= 0.3 is 6.09 Å². The topological polar surface area (TPSA) is 83.2 Å². The van der Waals surface area contributed by atoms with Gasteiger partial charge in [0.05, 0.1) is 13.2 Å². The van der Waals surface area contributed by atoms with E-state index in [1.165, 1.54) is 12.8 Å².